The van der Waals surface area contributed by atoms with Gasteiger partial charge in [0.25, 0.3) is 5.91 Å². The van der Waals surface area contributed by atoms with Crippen LogP contribution < -0.4 is 0 Å². The van der Waals surface area contributed by atoms with Gasteiger partial charge in [-0.15, -0.1) is 0 Å². The van der Waals surface area contributed by atoms with Crippen LogP contribution in [0.3, 0.4) is 0 Å². The summed E-state index contributed by atoms with van der Waals surface area (Å²) in [4.78, 5) is 17.1. The second-order valence-electron chi connectivity index (χ2n) is 6.77. The van der Waals surface area contributed by atoms with Gasteiger partial charge in [0.05, 0.1) is 23.9 Å². The number of rotatable bonds is 4. The number of ether oxygens (including phenoxy) is 1. The highest BCUT2D eigenvalue weighted by Gasteiger charge is 2.49. The van der Waals surface area contributed by atoms with E-state index in [2.05, 4.69) is 10.00 Å². The van der Waals surface area contributed by atoms with Gasteiger partial charge in [0.15, 0.2) is 0 Å². The number of methoxy groups -OCH3 is 1. The summed E-state index contributed by atoms with van der Waals surface area (Å²) in [7, 11) is 1.74. The van der Waals surface area contributed by atoms with E-state index in [4.69, 9.17) is 4.74 Å². The molecule has 1 amide bonds. The molecule has 2 aromatic heterocycles. The summed E-state index contributed by atoms with van der Waals surface area (Å²) in [6.45, 7) is 5.68. The van der Waals surface area contributed by atoms with Crippen molar-refractivity contribution >= 4 is 11.4 Å². The van der Waals surface area contributed by atoms with Crippen LogP contribution in [0.15, 0.2) is 30.6 Å². The maximum absolute atomic E-state index is 12.7. The number of nitrogens with zero attached hydrogens (tertiary/aromatic N) is 4. The van der Waals surface area contributed by atoms with Crippen LogP contribution in [-0.2, 0) is 4.74 Å². The second-order valence-corrected chi connectivity index (χ2v) is 6.77. The van der Waals surface area contributed by atoms with Gasteiger partial charge in [-0.25, -0.2) is 4.52 Å². The normalized spacial score (nSPS) is 20.3. The molecule has 0 aromatic carbocycles. The lowest BCUT2D eigenvalue weighted by molar-refractivity contribution is 0.00985. The Morgan fingerprint density at radius 2 is 2.22 bits per heavy atom. The lowest BCUT2D eigenvalue weighted by atomic mass is 9.79. The first-order valence-corrected chi connectivity index (χ1v) is 8.14. The van der Waals surface area contributed by atoms with Crippen molar-refractivity contribution in [3.05, 3.63) is 36.2 Å². The molecule has 0 radical (unpaired) electrons. The van der Waals surface area contributed by atoms with E-state index in [1.165, 1.54) is 6.42 Å². The van der Waals surface area contributed by atoms with Crippen LogP contribution >= 0.6 is 0 Å². The maximum atomic E-state index is 12.7. The molecule has 0 unspecified atom stereocenters. The molecule has 2 saturated heterocycles. The van der Waals surface area contributed by atoms with Gasteiger partial charge >= 0.3 is 0 Å². The molecule has 4 rings (SSSR count). The van der Waals surface area contributed by atoms with Gasteiger partial charge in [0, 0.05) is 44.9 Å². The Kier molecular flexibility index (Phi) is 3.58. The largest absolute Gasteiger partial charge is 0.383 e. The van der Waals surface area contributed by atoms with Crippen molar-refractivity contribution in [2.75, 3.05) is 46.4 Å². The molecule has 2 aliphatic heterocycles. The number of aromatic nitrogens is 2. The average Bonchev–Trinajstić information content (AvgIpc) is 3.15. The minimum Gasteiger partial charge on any atom is -0.383 e. The Labute approximate surface area is 135 Å². The van der Waals surface area contributed by atoms with Crippen LogP contribution in [0.2, 0.25) is 0 Å². The van der Waals surface area contributed by atoms with Crippen molar-refractivity contribution < 1.29 is 9.53 Å². The van der Waals surface area contributed by atoms with Crippen LogP contribution in [0.1, 0.15) is 16.8 Å². The highest BCUT2D eigenvalue weighted by molar-refractivity contribution is 6.01. The van der Waals surface area contributed by atoms with Gasteiger partial charge in [-0.05, 0) is 25.1 Å². The van der Waals surface area contributed by atoms with E-state index in [9.17, 15) is 4.79 Å². The minimum absolute atomic E-state index is 0.104. The first kappa shape index (κ1) is 14.7. The van der Waals surface area contributed by atoms with E-state index >= 15 is 0 Å². The van der Waals surface area contributed by atoms with Crippen molar-refractivity contribution in [2.24, 2.45) is 5.41 Å². The molecule has 0 N–H and O–H groups in total. The molecule has 6 nitrogen and oxygen atoms in total. The van der Waals surface area contributed by atoms with Crippen molar-refractivity contribution in [1.29, 1.82) is 0 Å². The maximum Gasteiger partial charge on any atom is 0.257 e. The first-order chi connectivity index (χ1) is 11.2. The standard InChI is InChI=1S/C17H22N4O2/c1-23-9-8-19-7-5-17(11-19)12-20(13-17)16(22)14-10-18-21-6-3-2-4-15(14)21/h2-4,6,10H,5,7-9,11-13H2,1H3. The molecule has 6 heteroatoms. The molecular formula is C17H22N4O2. The zero-order chi connectivity index (χ0) is 15.9. The van der Waals surface area contributed by atoms with Gasteiger partial charge in [-0.3, -0.25) is 4.79 Å². The van der Waals surface area contributed by atoms with Crippen LogP contribution in [0.4, 0.5) is 0 Å². The molecule has 0 bridgehead atoms. The number of likely N-dealkylation sites (tertiary alicyclic amines) is 2. The summed E-state index contributed by atoms with van der Waals surface area (Å²) in [6, 6.07) is 5.80. The molecule has 122 valence electrons. The third-order valence-electron chi connectivity index (χ3n) is 5.13. The van der Waals surface area contributed by atoms with E-state index in [-0.39, 0.29) is 5.91 Å². The number of pyridine rings is 1. The average molecular weight is 314 g/mol. The summed E-state index contributed by atoms with van der Waals surface area (Å²) < 4.78 is 6.91. The van der Waals surface area contributed by atoms with Crippen molar-refractivity contribution in [3.63, 3.8) is 0 Å². The summed E-state index contributed by atoms with van der Waals surface area (Å²) in [5, 5.41) is 4.26. The van der Waals surface area contributed by atoms with E-state index in [0.29, 0.717) is 11.0 Å². The van der Waals surface area contributed by atoms with Gasteiger partial charge in [0.1, 0.15) is 0 Å². The fourth-order valence-electron chi connectivity index (χ4n) is 3.87. The fourth-order valence-corrected chi connectivity index (χ4v) is 3.87. The molecule has 0 aliphatic carbocycles. The zero-order valence-electron chi connectivity index (χ0n) is 13.4. The van der Waals surface area contributed by atoms with E-state index in [1.54, 1.807) is 17.8 Å². The first-order valence-electron chi connectivity index (χ1n) is 8.14. The van der Waals surface area contributed by atoms with Crippen molar-refractivity contribution in [3.8, 4) is 0 Å². The predicted octanol–water partition coefficient (Wildman–Crippen LogP) is 1.13. The lowest BCUT2D eigenvalue weighted by Gasteiger charge is -2.48. The smallest absolute Gasteiger partial charge is 0.257 e. The van der Waals surface area contributed by atoms with E-state index in [0.717, 1.165) is 44.8 Å². The van der Waals surface area contributed by atoms with Crippen LogP contribution in [0, 0.1) is 5.41 Å². The molecule has 0 atom stereocenters. The number of hydrogen-bond donors (Lipinski definition) is 0. The molecule has 0 saturated carbocycles. The summed E-state index contributed by atoms with van der Waals surface area (Å²) >= 11 is 0. The van der Waals surface area contributed by atoms with Crippen LogP contribution in [-0.4, -0.2) is 71.8 Å². The topological polar surface area (TPSA) is 50.1 Å². The summed E-state index contributed by atoms with van der Waals surface area (Å²) in [6.07, 6.45) is 4.73. The molecule has 1 spiro atoms. The van der Waals surface area contributed by atoms with Gasteiger partial charge in [-0.1, -0.05) is 6.07 Å². The number of hydrogen-bond acceptors (Lipinski definition) is 4. The Morgan fingerprint density at radius 1 is 1.35 bits per heavy atom. The van der Waals surface area contributed by atoms with Crippen LogP contribution in [0.25, 0.3) is 5.52 Å². The number of amides is 1. The summed E-state index contributed by atoms with van der Waals surface area (Å²) in [5.41, 5.74) is 1.88. The quantitative estimate of drug-likeness (QED) is 0.849. The Morgan fingerprint density at radius 3 is 3.04 bits per heavy atom. The number of carbonyl (C=O) groups excluding carboxylic acids is 1. The third-order valence-corrected chi connectivity index (χ3v) is 5.13. The molecule has 2 aromatic rings. The van der Waals surface area contributed by atoms with Gasteiger partial charge in [0.2, 0.25) is 0 Å². The monoisotopic (exact) mass is 314 g/mol. The fraction of sp³-hybridized carbons (Fsp3) is 0.529. The number of carbonyl (C=O) groups is 1. The Balaban J connectivity index is 1.41. The lowest BCUT2D eigenvalue weighted by Crippen LogP contribution is -2.59. The minimum atomic E-state index is 0.104. The number of fused-ring (bicyclic) bond motifs is 1. The highest BCUT2D eigenvalue weighted by Crippen LogP contribution is 2.40. The predicted molar refractivity (Wildman–Crippen MR) is 86.5 cm³/mol. The van der Waals surface area contributed by atoms with E-state index < -0.39 is 0 Å². The molecule has 2 aliphatic rings. The summed E-state index contributed by atoms with van der Waals surface area (Å²) in [5.74, 6) is 0.104. The van der Waals surface area contributed by atoms with Gasteiger partial charge < -0.3 is 14.5 Å². The second kappa shape index (κ2) is 5.62. The molecule has 2 fully saturated rings. The van der Waals surface area contributed by atoms with E-state index in [1.807, 2.05) is 29.3 Å². The third kappa shape index (κ3) is 2.52. The van der Waals surface area contributed by atoms with Crippen LogP contribution in [0.5, 0.6) is 0 Å². The highest BCUT2D eigenvalue weighted by atomic mass is 16.5. The van der Waals surface area contributed by atoms with Crippen molar-refractivity contribution in [1.82, 2.24) is 19.4 Å². The molecule has 23 heavy (non-hydrogen) atoms. The molecule has 4 heterocycles. The SMILES string of the molecule is COCCN1CCC2(C1)CN(C(=O)c1cnn3ccccc13)C2. The van der Waals surface area contributed by atoms with Crippen molar-refractivity contribution in [2.45, 2.75) is 6.42 Å². The Bertz CT molecular complexity index is 720. The molecular weight excluding hydrogens is 292 g/mol. The van der Waals surface area contributed by atoms with Gasteiger partial charge in [-0.2, -0.15) is 5.10 Å². The zero-order valence-corrected chi connectivity index (χ0v) is 13.4. The Hall–Kier alpha value is -1.92.